The van der Waals surface area contributed by atoms with Crippen LogP contribution in [0.3, 0.4) is 0 Å². The van der Waals surface area contributed by atoms with Crippen molar-refractivity contribution in [2.45, 2.75) is 26.3 Å². The maximum absolute atomic E-state index is 13.4. The molecule has 0 saturated heterocycles. The van der Waals surface area contributed by atoms with E-state index in [0.717, 1.165) is 12.1 Å². The van der Waals surface area contributed by atoms with E-state index in [1.807, 2.05) is 0 Å². The summed E-state index contributed by atoms with van der Waals surface area (Å²) in [6.45, 7) is 5.06. The lowest BCUT2D eigenvalue weighted by atomic mass is 10.1. The normalized spacial score (nSPS) is 11.1. The summed E-state index contributed by atoms with van der Waals surface area (Å²) < 4.78 is 30.9. The number of ether oxygens (including phenoxy) is 1. The molecular weight excluding hydrogens is 228 g/mol. The molecule has 0 amide bonds. The van der Waals surface area contributed by atoms with E-state index in [4.69, 9.17) is 4.74 Å². The molecule has 5 heteroatoms. The third-order valence-electron chi connectivity index (χ3n) is 2.16. The van der Waals surface area contributed by atoms with Crippen LogP contribution in [0.15, 0.2) is 18.2 Å². The third kappa shape index (κ3) is 3.41. The summed E-state index contributed by atoms with van der Waals surface area (Å²) >= 11 is 0. The Morgan fingerprint density at radius 1 is 1.41 bits per heavy atom. The van der Waals surface area contributed by atoms with Crippen LogP contribution in [0.1, 0.15) is 20.8 Å². The highest BCUT2D eigenvalue weighted by Crippen LogP contribution is 2.20. The van der Waals surface area contributed by atoms with Gasteiger partial charge in [0.05, 0.1) is 12.3 Å². The van der Waals surface area contributed by atoms with E-state index in [1.165, 1.54) is 6.07 Å². The van der Waals surface area contributed by atoms with Crippen LogP contribution in [0.25, 0.3) is 0 Å². The van der Waals surface area contributed by atoms with Crippen molar-refractivity contribution < 1.29 is 18.3 Å². The number of benzene rings is 1. The van der Waals surface area contributed by atoms with Gasteiger partial charge in [0.25, 0.3) is 0 Å². The van der Waals surface area contributed by atoms with Crippen molar-refractivity contribution in [3.8, 4) is 0 Å². The summed E-state index contributed by atoms with van der Waals surface area (Å²) in [5, 5.41) is 2.68. The average Bonchev–Trinajstić information content (AvgIpc) is 2.22. The SMILES string of the molecule is CCOC(=O)C(C)(C)Nc1ccc(F)cc1F. The van der Waals surface area contributed by atoms with Gasteiger partial charge in [-0.2, -0.15) is 0 Å². The Hall–Kier alpha value is -1.65. The van der Waals surface area contributed by atoms with Gasteiger partial charge in [0.1, 0.15) is 17.2 Å². The fourth-order valence-electron chi connectivity index (χ4n) is 1.29. The van der Waals surface area contributed by atoms with Crippen molar-refractivity contribution >= 4 is 11.7 Å². The van der Waals surface area contributed by atoms with Gasteiger partial charge in [-0.15, -0.1) is 0 Å². The number of rotatable bonds is 4. The van der Waals surface area contributed by atoms with Crippen molar-refractivity contribution in [2.75, 3.05) is 11.9 Å². The molecule has 0 bridgehead atoms. The van der Waals surface area contributed by atoms with E-state index in [-0.39, 0.29) is 12.3 Å². The summed E-state index contributed by atoms with van der Waals surface area (Å²) in [5.41, 5.74) is -1.02. The Bertz CT molecular complexity index is 419. The van der Waals surface area contributed by atoms with Gasteiger partial charge in [-0.3, -0.25) is 0 Å². The summed E-state index contributed by atoms with van der Waals surface area (Å²) in [4.78, 5) is 11.6. The minimum atomic E-state index is -1.07. The molecule has 0 aliphatic rings. The highest BCUT2D eigenvalue weighted by atomic mass is 19.1. The molecular formula is C12H15F2NO2. The number of carbonyl (C=O) groups is 1. The number of anilines is 1. The molecule has 3 nitrogen and oxygen atoms in total. The first-order chi connectivity index (χ1) is 7.86. The molecule has 0 fully saturated rings. The molecule has 0 aliphatic carbocycles. The first-order valence-corrected chi connectivity index (χ1v) is 5.27. The molecule has 94 valence electrons. The monoisotopic (exact) mass is 243 g/mol. The van der Waals surface area contributed by atoms with E-state index < -0.39 is 23.1 Å². The molecule has 0 radical (unpaired) electrons. The highest BCUT2D eigenvalue weighted by Gasteiger charge is 2.29. The number of carbonyl (C=O) groups excluding carboxylic acids is 1. The van der Waals surface area contributed by atoms with Gasteiger partial charge in [-0.1, -0.05) is 0 Å². The number of halogens is 2. The van der Waals surface area contributed by atoms with E-state index in [1.54, 1.807) is 20.8 Å². The van der Waals surface area contributed by atoms with Crippen LogP contribution in [0.5, 0.6) is 0 Å². The largest absolute Gasteiger partial charge is 0.464 e. The zero-order valence-corrected chi connectivity index (χ0v) is 10.0. The lowest BCUT2D eigenvalue weighted by Crippen LogP contribution is -2.41. The topological polar surface area (TPSA) is 38.3 Å². The van der Waals surface area contributed by atoms with Crippen LogP contribution in [0.4, 0.5) is 14.5 Å². The molecule has 0 heterocycles. The lowest BCUT2D eigenvalue weighted by molar-refractivity contribution is -0.147. The predicted molar refractivity (Wildman–Crippen MR) is 60.7 cm³/mol. The van der Waals surface area contributed by atoms with Crippen LogP contribution in [-0.2, 0) is 9.53 Å². The Morgan fingerprint density at radius 3 is 2.59 bits per heavy atom. The maximum Gasteiger partial charge on any atom is 0.331 e. The summed E-state index contributed by atoms with van der Waals surface area (Å²) in [5.74, 6) is -1.91. The summed E-state index contributed by atoms with van der Waals surface area (Å²) in [6.07, 6.45) is 0. The van der Waals surface area contributed by atoms with Crippen LogP contribution in [-0.4, -0.2) is 18.1 Å². The first kappa shape index (κ1) is 13.4. The minimum absolute atomic E-state index is 0.0597. The zero-order valence-electron chi connectivity index (χ0n) is 10.0. The van der Waals surface area contributed by atoms with Gasteiger partial charge in [0.2, 0.25) is 0 Å². The van der Waals surface area contributed by atoms with Crippen molar-refractivity contribution in [3.05, 3.63) is 29.8 Å². The van der Waals surface area contributed by atoms with E-state index >= 15 is 0 Å². The van der Waals surface area contributed by atoms with Crippen molar-refractivity contribution in [1.82, 2.24) is 0 Å². The predicted octanol–water partition coefficient (Wildman–Crippen LogP) is 2.72. The van der Waals surface area contributed by atoms with E-state index in [2.05, 4.69) is 5.32 Å². The van der Waals surface area contributed by atoms with Gasteiger partial charge in [0, 0.05) is 6.07 Å². The van der Waals surface area contributed by atoms with E-state index in [0.29, 0.717) is 0 Å². The molecule has 17 heavy (non-hydrogen) atoms. The van der Waals surface area contributed by atoms with E-state index in [9.17, 15) is 13.6 Å². The molecule has 1 rings (SSSR count). The van der Waals surface area contributed by atoms with Gasteiger partial charge in [-0.05, 0) is 32.9 Å². The van der Waals surface area contributed by atoms with Crippen LogP contribution in [0, 0.1) is 11.6 Å². The molecule has 0 aliphatic heterocycles. The molecule has 1 N–H and O–H groups in total. The zero-order chi connectivity index (χ0) is 13.1. The minimum Gasteiger partial charge on any atom is -0.464 e. The second kappa shape index (κ2) is 5.12. The van der Waals surface area contributed by atoms with Crippen LogP contribution >= 0.6 is 0 Å². The van der Waals surface area contributed by atoms with Crippen LogP contribution in [0.2, 0.25) is 0 Å². The van der Waals surface area contributed by atoms with Gasteiger partial charge < -0.3 is 10.1 Å². The van der Waals surface area contributed by atoms with Crippen molar-refractivity contribution in [1.29, 1.82) is 0 Å². The van der Waals surface area contributed by atoms with Crippen LogP contribution < -0.4 is 5.32 Å². The first-order valence-electron chi connectivity index (χ1n) is 5.27. The lowest BCUT2D eigenvalue weighted by Gasteiger charge is -2.25. The highest BCUT2D eigenvalue weighted by molar-refractivity contribution is 5.83. The number of nitrogens with one attached hydrogen (secondary N) is 1. The fourth-order valence-corrected chi connectivity index (χ4v) is 1.29. The number of esters is 1. The molecule has 0 spiro atoms. The molecule has 1 aromatic rings. The summed E-state index contributed by atoms with van der Waals surface area (Å²) in [7, 11) is 0. The Balaban J connectivity index is 2.86. The quantitative estimate of drug-likeness (QED) is 0.826. The smallest absolute Gasteiger partial charge is 0.331 e. The van der Waals surface area contributed by atoms with Gasteiger partial charge in [0.15, 0.2) is 0 Å². The number of hydrogen-bond acceptors (Lipinski definition) is 3. The van der Waals surface area contributed by atoms with Crippen molar-refractivity contribution in [3.63, 3.8) is 0 Å². The van der Waals surface area contributed by atoms with Crippen molar-refractivity contribution in [2.24, 2.45) is 0 Å². The molecule has 0 saturated carbocycles. The standard InChI is InChI=1S/C12H15F2NO2/c1-4-17-11(16)12(2,3)15-10-6-5-8(13)7-9(10)14/h5-7,15H,4H2,1-3H3. The molecule has 0 unspecified atom stereocenters. The Labute approximate surface area is 98.8 Å². The molecule has 0 atom stereocenters. The fraction of sp³-hybridized carbons (Fsp3) is 0.417. The van der Waals surface area contributed by atoms with Gasteiger partial charge >= 0.3 is 5.97 Å². The Kier molecular flexibility index (Phi) is 4.04. The summed E-state index contributed by atoms with van der Waals surface area (Å²) in [6, 6.07) is 3.11. The third-order valence-corrected chi connectivity index (χ3v) is 2.16. The average molecular weight is 243 g/mol. The Morgan fingerprint density at radius 2 is 2.06 bits per heavy atom. The second-order valence-electron chi connectivity index (χ2n) is 4.09. The number of hydrogen-bond donors (Lipinski definition) is 1. The molecule has 1 aromatic carbocycles. The second-order valence-corrected chi connectivity index (χ2v) is 4.09. The maximum atomic E-state index is 13.4. The van der Waals surface area contributed by atoms with Gasteiger partial charge in [-0.25, -0.2) is 13.6 Å². The molecule has 0 aromatic heterocycles.